The quantitative estimate of drug-likeness (QED) is 0.354. The van der Waals surface area contributed by atoms with Crippen molar-refractivity contribution in [1.29, 1.82) is 15.8 Å². The van der Waals surface area contributed by atoms with E-state index in [1.807, 2.05) is 43.5 Å². The fraction of sp³-hybridized carbons (Fsp3) is 0.100. The summed E-state index contributed by atoms with van der Waals surface area (Å²) in [5.41, 5.74) is 3.84. The Balaban J connectivity index is 2.05. The first kappa shape index (κ1) is 17.5. The molecule has 0 fully saturated rings. The Bertz CT molecular complexity index is 1150. The molecule has 0 aliphatic carbocycles. The van der Waals surface area contributed by atoms with Crippen molar-refractivity contribution in [3.05, 3.63) is 57.1 Å². The van der Waals surface area contributed by atoms with E-state index in [9.17, 15) is 10.5 Å². The Morgan fingerprint density at radius 1 is 0.923 bits per heavy atom. The molecular weight excluding hydrogens is 360 g/mol. The fourth-order valence-electron chi connectivity index (χ4n) is 2.55. The summed E-state index contributed by atoms with van der Waals surface area (Å²) in [5, 5.41) is 30.1. The SMILES string of the molecule is Cc1c(C#N)c(C#N)c(C)c2sc(C#Cc3ccc(SC#N)cc3)nc12. The van der Waals surface area contributed by atoms with E-state index >= 15 is 0 Å². The largest absolute Gasteiger partial charge is 0.227 e. The molecular formula is C20H10N4S2. The number of hydrogen-bond donors (Lipinski definition) is 0. The minimum Gasteiger partial charge on any atom is -0.227 e. The molecule has 1 heterocycles. The van der Waals surface area contributed by atoms with Gasteiger partial charge in [0.15, 0.2) is 5.01 Å². The maximum Gasteiger partial charge on any atom is 0.168 e. The number of hydrogen-bond acceptors (Lipinski definition) is 6. The van der Waals surface area contributed by atoms with Crippen LogP contribution in [0.15, 0.2) is 29.2 Å². The molecule has 0 aliphatic rings. The van der Waals surface area contributed by atoms with Gasteiger partial charge in [0.25, 0.3) is 0 Å². The molecule has 0 N–H and O–H groups in total. The third-order valence-electron chi connectivity index (χ3n) is 3.88. The van der Waals surface area contributed by atoms with Gasteiger partial charge >= 0.3 is 0 Å². The number of thiocyanates is 1. The summed E-state index contributed by atoms with van der Waals surface area (Å²) in [5.74, 6) is 6.11. The highest BCUT2D eigenvalue weighted by atomic mass is 32.2. The summed E-state index contributed by atoms with van der Waals surface area (Å²) in [7, 11) is 0. The van der Waals surface area contributed by atoms with E-state index in [0.29, 0.717) is 21.7 Å². The molecule has 0 bridgehead atoms. The summed E-state index contributed by atoms with van der Waals surface area (Å²) in [6.07, 6.45) is 0. The minimum absolute atomic E-state index is 0.382. The van der Waals surface area contributed by atoms with Crippen LogP contribution in [0, 0.1) is 59.0 Å². The zero-order chi connectivity index (χ0) is 18.7. The van der Waals surface area contributed by atoms with Crippen LogP contribution in [0.1, 0.15) is 32.8 Å². The van der Waals surface area contributed by atoms with Crippen LogP contribution >= 0.6 is 23.1 Å². The maximum absolute atomic E-state index is 9.37. The van der Waals surface area contributed by atoms with Gasteiger partial charge in [-0.15, -0.1) is 11.3 Å². The van der Waals surface area contributed by atoms with Gasteiger partial charge in [-0.1, -0.05) is 5.92 Å². The van der Waals surface area contributed by atoms with Crippen LogP contribution in [-0.2, 0) is 0 Å². The fourth-order valence-corrected chi connectivity index (χ4v) is 3.91. The molecule has 0 saturated heterocycles. The molecule has 3 aromatic rings. The van der Waals surface area contributed by atoms with Gasteiger partial charge in [0, 0.05) is 10.5 Å². The van der Waals surface area contributed by atoms with Crippen molar-refractivity contribution in [2.75, 3.05) is 0 Å². The second-order valence-electron chi connectivity index (χ2n) is 5.39. The first-order chi connectivity index (χ1) is 12.6. The van der Waals surface area contributed by atoms with Gasteiger partial charge in [0.2, 0.25) is 0 Å². The highest BCUT2D eigenvalue weighted by Gasteiger charge is 2.17. The number of fused-ring (bicyclic) bond motifs is 1. The third-order valence-corrected chi connectivity index (χ3v) is 5.57. The lowest BCUT2D eigenvalue weighted by Gasteiger charge is -2.04. The van der Waals surface area contributed by atoms with Crippen LogP contribution in [0.25, 0.3) is 10.2 Å². The average molecular weight is 370 g/mol. The molecule has 1 aromatic heterocycles. The molecule has 122 valence electrons. The van der Waals surface area contributed by atoms with E-state index in [1.165, 1.54) is 11.3 Å². The summed E-state index contributed by atoms with van der Waals surface area (Å²) in [4.78, 5) is 5.43. The van der Waals surface area contributed by atoms with E-state index < -0.39 is 0 Å². The number of thiazole rings is 1. The number of aryl methyl sites for hydroxylation is 2. The van der Waals surface area contributed by atoms with Crippen LogP contribution in [-0.4, -0.2) is 4.98 Å². The Labute approximate surface area is 159 Å². The number of nitriles is 3. The average Bonchev–Trinajstić information content (AvgIpc) is 3.09. The zero-order valence-corrected chi connectivity index (χ0v) is 15.5. The van der Waals surface area contributed by atoms with Crippen LogP contribution < -0.4 is 0 Å². The van der Waals surface area contributed by atoms with Gasteiger partial charge in [0.1, 0.15) is 17.5 Å². The normalized spacial score (nSPS) is 9.65. The van der Waals surface area contributed by atoms with Gasteiger partial charge in [-0.2, -0.15) is 15.8 Å². The van der Waals surface area contributed by atoms with Crippen molar-refractivity contribution < 1.29 is 0 Å². The van der Waals surface area contributed by atoms with E-state index in [-0.39, 0.29) is 0 Å². The van der Waals surface area contributed by atoms with Crippen molar-refractivity contribution in [3.63, 3.8) is 0 Å². The van der Waals surface area contributed by atoms with Crippen LogP contribution in [0.4, 0.5) is 0 Å². The van der Waals surface area contributed by atoms with Crippen molar-refractivity contribution in [2.45, 2.75) is 18.7 Å². The molecule has 0 saturated carbocycles. The maximum atomic E-state index is 9.37. The van der Waals surface area contributed by atoms with Crippen molar-refractivity contribution in [3.8, 4) is 29.4 Å². The highest BCUT2D eigenvalue weighted by molar-refractivity contribution is 8.03. The summed E-state index contributed by atoms with van der Waals surface area (Å²) in [6, 6.07) is 11.7. The van der Waals surface area contributed by atoms with E-state index in [1.54, 1.807) is 0 Å². The Kier molecular flexibility index (Phi) is 4.92. The van der Waals surface area contributed by atoms with Crippen molar-refractivity contribution >= 4 is 33.3 Å². The summed E-state index contributed by atoms with van der Waals surface area (Å²) < 4.78 is 0.892. The summed E-state index contributed by atoms with van der Waals surface area (Å²) >= 11 is 2.53. The molecule has 2 aromatic carbocycles. The zero-order valence-electron chi connectivity index (χ0n) is 13.9. The molecule has 0 radical (unpaired) electrons. The Hall–Kier alpha value is -3.29. The highest BCUT2D eigenvalue weighted by Crippen LogP contribution is 2.33. The number of thioether (sulfide) groups is 1. The van der Waals surface area contributed by atoms with Crippen LogP contribution in [0.2, 0.25) is 0 Å². The van der Waals surface area contributed by atoms with Crippen molar-refractivity contribution in [1.82, 2.24) is 4.98 Å². The first-order valence-corrected chi connectivity index (χ1v) is 9.14. The molecule has 0 spiro atoms. The number of rotatable bonds is 1. The standard InChI is InChI=1S/C20H10N4S2/c1-12-16(9-21)17(10-22)13(2)20-19(12)24-18(26-20)8-5-14-3-6-15(7-4-14)25-11-23/h3-4,6-7H,1-2H3. The minimum atomic E-state index is 0.382. The number of aromatic nitrogens is 1. The van der Waals surface area contributed by atoms with Gasteiger partial charge in [0.05, 0.1) is 21.3 Å². The topological polar surface area (TPSA) is 84.3 Å². The second-order valence-corrected chi connectivity index (χ2v) is 7.25. The lowest BCUT2D eigenvalue weighted by molar-refractivity contribution is 1.32. The second kappa shape index (κ2) is 7.30. The van der Waals surface area contributed by atoms with Crippen molar-refractivity contribution in [2.24, 2.45) is 0 Å². The molecule has 0 amide bonds. The number of benzene rings is 2. The lowest BCUT2D eigenvalue weighted by atomic mass is 9.98. The van der Waals surface area contributed by atoms with E-state index in [2.05, 4.69) is 29.0 Å². The van der Waals surface area contributed by atoms with Gasteiger partial charge in [-0.25, -0.2) is 4.98 Å². The van der Waals surface area contributed by atoms with Crippen LogP contribution in [0.3, 0.4) is 0 Å². The molecule has 0 aliphatic heterocycles. The molecule has 26 heavy (non-hydrogen) atoms. The Morgan fingerprint density at radius 2 is 1.58 bits per heavy atom. The predicted octanol–water partition coefficient (Wildman–Crippen LogP) is 4.63. The molecule has 6 heteroatoms. The smallest absolute Gasteiger partial charge is 0.168 e. The predicted molar refractivity (Wildman–Crippen MR) is 102 cm³/mol. The van der Waals surface area contributed by atoms with E-state index in [0.717, 1.165) is 38.0 Å². The monoisotopic (exact) mass is 370 g/mol. The first-order valence-electron chi connectivity index (χ1n) is 7.51. The van der Waals surface area contributed by atoms with Gasteiger partial charge in [-0.05, 0) is 66.9 Å². The molecule has 4 nitrogen and oxygen atoms in total. The number of nitrogens with zero attached hydrogens (tertiary/aromatic N) is 4. The van der Waals surface area contributed by atoms with Gasteiger partial charge < -0.3 is 0 Å². The lowest BCUT2D eigenvalue weighted by Crippen LogP contribution is -1.94. The summed E-state index contributed by atoms with van der Waals surface area (Å²) in [6.45, 7) is 3.64. The molecule has 0 unspecified atom stereocenters. The third kappa shape index (κ3) is 3.13. The van der Waals surface area contributed by atoms with Gasteiger partial charge in [-0.3, -0.25) is 0 Å². The Morgan fingerprint density at radius 3 is 2.19 bits per heavy atom. The van der Waals surface area contributed by atoms with E-state index in [4.69, 9.17) is 5.26 Å². The van der Waals surface area contributed by atoms with Crippen LogP contribution in [0.5, 0.6) is 0 Å². The molecule has 0 atom stereocenters. The molecule has 3 rings (SSSR count).